The normalized spacial score (nSPS) is 10.0. The number of hydrogen-bond donors (Lipinski definition) is 2. The lowest BCUT2D eigenvalue weighted by Gasteiger charge is -2.18. The number of nitrogens with zero attached hydrogens (tertiary/aromatic N) is 5. The van der Waals surface area contributed by atoms with E-state index >= 15 is 0 Å². The zero-order valence-electron chi connectivity index (χ0n) is 9.62. The summed E-state index contributed by atoms with van der Waals surface area (Å²) in [6.45, 7) is 1.83. The van der Waals surface area contributed by atoms with Gasteiger partial charge in [0, 0.05) is 6.54 Å². The molecule has 94 valence electrons. The summed E-state index contributed by atoms with van der Waals surface area (Å²) >= 11 is 0. The molecule has 0 radical (unpaired) electrons. The lowest BCUT2D eigenvalue weighted by Crippen LogP contribution is -2.39. The second-order valence-corrected chi connectivity index (χ2v) is 3.35. The molecule has 1 heterocycles. The van der Waals surface area contributed by atoms with Gasteiger partial charge in [-0.05, 0) is 11.6 Å². The van der Waals surface area contributed by atoms with Crippen molar-refractivity contribution in [1.82, 2.24) is 25.1 Å². The van der Waals surface area contributed by atoms with Crippen LogP contribution < -0.4 is 5.32 Å². The van der Waals surface area contributed by atoms with Crippen LogP contribution in [-0.2, 0) is 11.8 Å². The summed E-state index contributed by atoms with van der Waals surface area (Å²) in [7, 11) is 1.56. The van der Waals surface area contributed by atoms with E-state index in [0.717, 1.165) is 0 Å². The van der Waals surface area contributed by atoms with E-state index in [4.69, 9.17) is 5.11 Å². The Morgan fingerprint density at radius 1 is 1.53 bits per heavy atom. The van der Waals surface area contributed by atoms with Crippen molar-refractivity contribution >= 4 is 17.9 Å². The Labute approximate surface area is 97.4 Å². The largest absolute Gasteiger partial charge is 0.480 e. The fraction of sp³-hybridized carbons (Fsp3) is 0.625. The van der Waals surface area contributed by atoms with Crippen LogP contribution in [0.25, 0.3) is 0 Å². The molecule has 0 aliphatic carbocycles. The molecule has 0 aliphatic rings. The van der Waals surface area contributed by atoms with Gasteiger partial charge < -0.3 is 10.0 Å². The van der Waals surface area contributed by atoms with Crippen LogP contribution in [0.5, 0.6) is 0 Å². The Kier molecular flexibility index (Phi) is 4.37. The number of carboxylic acids is 1. The first kappa shape index (κ1) is 12.9. The lowest BCUT2D eigenvalue weighted by molar-refractivity contribution is -0.137. The second-order valence-electron chi connectivity index (χ2n) is 3.35. The third-order valence-electron chi connectivity index (χ3n) is 1.83. The molecular formula is C8H14N6O3. The van der Waals surface area contributed by atoms with Crippen molar-refractivity contribution in [2.45, 2.75) is 13.3 Å². The Morgan fingerprint density at radius 3 is 2.71 bits per heavy atom. The van der Waals surface area contributed by atoms with E-state index in [0.29, 0.717) is 13.0 Å². The predicted molar refractivity (Wildman–Crippen MR) is 57.3 cm³/mol. The molecule has 17 heavy (non-hydrogen) atoms. The summed E-state index contributed by atoms with van der Waals surface area (Å²) in [5.41, 5.74) is 0. The monoisotopic (exact) mass is 242 g/mol. The van der Waals surface area contributed by atoms with E-state index < -0.39 is 12.0 Å². The van der Waals surface area contributed by atoms with E-state index in [2.05, 4.69) is 20.7 Å². The van der Waals surface area contributed by atoms with Gasteiger partial charge in [0.05, 0.1) is 7.05 Å². The molecule has 0 saturated heterocycles. The molecular weight excluding hydrogens is 228 g/mol. The Morgan fingerprint density at radius 2 is 2.24 bits per heavy atom. The fourth-order valence-electron chi connectivity index (χ4n) is 1.19. The van der Waals surface area contributed by atoms with E-state index in [1.165, 1.54) is 9.70 Å². The van der Waals surface area contributed by atoms with Crippen molar-refractivity contribution in [2.24, 2.45) is 7.05 Å². The maximum Gasteiger partial charge on any atom is 0.324 e. The highest BCUT2D eigenvalue weighted by molar-refractivity contribution is 5.89. The number of anilines is 1. The minimum absolute atomic E-state index is 0.0454. The van der Waals surface area contributed by atoms with Gasteiger partial charge in [0.1, 0.15) is 6.54 Å². The Hall–Kier alpha value is -2.19. The molecule has 1 aromatic rings. The Balaban J connectivity index is 2.61. The maximum absolute atomic E-state index is 11.7. The van der Waals surface area contributed by atoms with Gasteiger partial charge in [-0.1, -0.05) is 12.0 Å². The van der Waals surface area contributed by atoms with Crippen molar-refractivity contribution in [3.05, 3.63) is 0 Å². The van der Waals surface area contributed by atoms with Gasteiger partial charge in [-0.15, -0.1) is 5.10 Å². The average molecular weight is 242 g/mol. The van der Waals surface area contributed by atoms with Gasteiger partial charge in [0.2, 0.25) is 0 Å². The number of hydrogen-bond acceptors (Lipinski definition) is 5. The van der Waals surface area contributed by atoms with Crippen LogP contribution in [-0.4, -0.2) is 55.3 Å². The van der Waals surface area contributed by atoms with Crippen LogP contribution >= 0.6 is 0 Å². The Bertz CT molecular complexity index is 404. The highest BCUT2D eigenvalue weighted by Crippen LogP contribution is 1.99. The van der Waals surface area contributed by atoms with Gasteiger partial charge in [-0.25, -0.2) is 4.79 Å². The summed E-state index contributed by atoms with van der Waals surface area (Å²) in [5, 5.41) is 21.9. The van der Waals surface area contributed by atoms with E-state index in [1.807, 2.05) is 6.92 Å². The topological polar surface area (TPSA) is 113 Å². The van der Waals surface area contributed by atoms with Crippen LogP contribution in [0.4, 0.5) is 10.7 Å². The van der Waals surface area contributed by atoms with Crippen molar-refractivity contribution in [2.75, 3.05) is 18.4 Å². The summed E-state index contributed by atoms with van der Waals surface area (Å²) in [4.78, 5) is 24.6. The summed E-state index contributed by atoms with van der Waals surface area (Å²) in [5.74, 6) is -1.02. The predicted octanol–water partition coefficient (Wildman–Crippen LogP) is -0.461. The molecule has 2 N–H and O–H groups in total. The zero-order valence-corrected chi connectivity index (χ0v) is 9.62. The number of carbonyl (C=O) groups excluding carboxylic acids is 1. The zero-order chi connectivity index (χ0) is 12.8. The molecule has 0 bridgehead atoms. The first-order chi connectivity index (χ1) is 8.02. The van der Waals surface area contributed by atoms with Crippen LogP contribution in [0.2, 0.25) is 0 Å². The first-order valence-electron chi connectivity index (χ1n) is 5.04. The number of tetrazole rings is 1. The molecule has 0 aromatic carbocycles. The van der Waals surface area contributed by atoms with Gasteiger partial charge in [-0.2, -0.15) is 4.80 Å². The van der Waals surface area contributed by atoms with Gasteiger partial charge in [0.25, 0.3) is 5.95 Å². The number of urea groups is 1. The van der Waals surface area contributed by atoms with Crippen molar-refractivity contribution in [3.8, 4) is 0 Å². The number of carboxylic acid groups (broad SMARTS) is 1. The molecule has 9 nitrogen and oxygen atoms in total. The number of aryl methyl sites for hydroxylation is 1. The number of amides is 2. The third kappa shape index (κ3) is 4.05. The minimum atomic E-state index is -1.07. The van der Waals surface area contributed by atoms with Crippen molar-refractivity contribution in [3.63, 3.8) is 0 Å². The molecule has 0 unspecified atom stereocenters. The second kappa shape index (κ2) is 5.77. The fourth-order valence-corrected chi connectivity index (χ4v) is 1.19. The summed E-state index contributed by atoms with van der Waals surface area (Å²) in [6.07, 6.45) is 0.661. The number of aliphatic carboxylic acids is 1. The van der Waals surface area contributed by atoms with E-state index in [-0.39, 0.29) is 12.5 Å². The number of rotatable bonds is 5. The van der Waals surface area contributed by atoms with Crippen LogP contribution in [0.15, 0.2) is 0 Å². The van der Waals surface area contributed by atoms with E-state index in [9.17, 15) is 9.59 Å². The first-order valence-corrected chi connectivity index (χ1v) is 5.04. The van der Waals surface area contributed by atoms with Gasteiger partial charge >= 0.3 is 12.0 Å². The molecule has 0 fully saturated rings. The molecule has 0 aliphatic heterocycles. The minimum Gasteiger partial charge on any atom is -0.480 e. The third-order valence-corrected chi connectivity index (χ3v) is 1.83. The summed E-state index contributed by atoms with van der Waals surface area (Å²) in [6, 6.07) is -0.553. The van der Waals surface area contributed by atoms with Gasteiger partial charge in [-0.3, -0.25) is 10.1 Å². The number of nitrogens with one attached hydrogen (secondary N) is 1. The molecule has 0 spiro atoms. The van der Waals surface area contributed by atoms with Crippen LogP contribution in [0.1, 0.15) is 13.3 Å². The molecule has 0 saturated carbocycles. The summed E-state index contributed by atoms with van der Waals surface area (Å²) < 4.78 is 0. The van der Waals surface area contributed by atoms with Crippen molar-refractivity contribution in [1.29, 1.82) is 0 Å². The maximum atomic E-state index is 11.7. The molecule has 9 heteroatoms. The highest BCUT2D eigenvalue weighted by Gasteiger charge is 2.17. The quantitative estimate of drug-likeness (QED) is 0.722. The highest BCUT2D eigenvalue weighted by atomic mass is 16.4. The molecule has 0 atom stereocenters. The van der Waals surface area contributed by atoms with Gasteiger partial charge in [0.15, 0.2) is 0 Å². The van der Waals surface area contributed by atoms with Crippen LogP contribution in [0.3, 0.4) is 0 Å². The standard InChI is InChI=1S/C8H14N6O3/c1-3-4-14(5-6(15)16)8(17)9-7-10-12-13(2)11-7/h3-5H2,1-2H3,(H,15,16)(H,9,11,17). The molecule has 1 rings (SSSR count). The number of carbonyl (C=O) groups is 2. The SMILES string of the molecule is CCCN(CC(=O)O)C(=O)Nc1nnn(C)n1. The molecule has 2 amide bonds. The lowest BCUT2D eigenvalue weighted by atomic mass is 10.4. The van der Waals surface area contributed by atoms with E-state index in [1.54, 1.807) is 7.05 Å². The smallest absolute Gasteiger partial charge is 0.324 e. The molecule has 1 aromatic heterocycles. The number of aromatic nitrogens is 4. The van der Waals surface area contributed by atoms with Crippen LogP contribution in [0, 0.1) is 0 Å². The average Bonchev–Trinajstić information content (AvgIpc) is 2.62. The van der Waals surface area contributed by atoms with Crippen molar-refractivity contribution < 1.29 is 14.7 Å².